The Morgan fingerprint density at radius 2 is 2.14 bits per heavy atom. The van der Waals surface area contributed by atoms with Crippen molar-refractivity contribution in [3.8, 4) is 11.1 Å². The summed E-state index contributed by atoms with van der Waals surface area (Å²) in [5, 5.41) is 6.64. The van der Waals surface area contributed by atoms with Crippen LogP contribution in [0.5, 0.6) is 0 Å². The second-order valence-corrected chi connectivity index (χ2v) is 3.25. The van der Waals surface area contributed by atoms with Crippen LogP contribution in [-0.2, 0) is 0 Å². The number of aromatic nitrogens is 3. The molecule has 4 heteroatoms. The molecule has 0 saturated carbocycles. The van der Waals surface area contributed by atoms with Crippen molar-refractivity contribution in [2.45, 2.75) is 13.0 Å². The molecule has 0 amide bonds. The quantitative estimate of drug-likeness (QED) is 0.750. The molecule has 3 N–H and O–H groups in total. The van der Waals surface area contributed by atoms with Gasteiger partial charge in [-0.2, -0.15) is 5.10 Å². The second-order valence-electron chi connectivity index (χ2n) is 3.25. The molecule has 4 nitrogen and oxygen atoms in total. The number of H-pyrrole nitrogens is 1. The highest BCUT2D eigenvalue weighted by molar-refractivity contribution is 5.60. The van der Waals surface area contributed by atoms with E-state index in [0.717, 1.165) is 16.8 Å². The minimum atomic E-state index is -0.0200. The maximum atomic E-state index is 5.70. The molecule has 2 aromatic rings. The number of nitrogens with two attached hydrogens (primary N) is 1. The molecule has 0 bridgehead atoms. The largest absolute Gasteiger partial charge is 0.323 e. The van der Waals surface area contributed by atoms with Crippen molar-refractivity contribution in [2.24, 2.45) is 5.73 Å². The van der Waals surface area contributed by atoms with Crippen LogP contribution in [0.25, 0.3) is 11.1 Å². The van der Waals surface area contributed by atoms with E-state index >= 15 is 0 Å². The van der Waals surface area contributed by atoms with Gasteiger partial charge in [-0.25, -0.2) is 0 Å². The molecule has 2 aromatic heterocycles. The number of nitrogens with one attached hydrogen (secondary N) is 1. The van der Waals surface area contributed by atoms with E-state index in [1.165, 1.54) is 0 Å². The van der Waals surface area contributed by atoms with E-state index < -0.39 is 0 Å². The molecule has 0 fully saturated rings. The zero-order valence-corrected chi connectivity index (χ0v) is 7.94. The van der Waals surface area contributed by atoms with Gasteiger partial charge in [0.15, 0.2) is 0 Å². The van der Waals surface area contributed by atoms with Crippen molar-refractivity contribution in [1.29, 1.82) is 0 Å². The summed E-state index contributed by atoms with van der Waals surface area (Å²) in [5.74, 6) is 0. The van der Waals surface area contributed by atoms with Crippen molar-refractivity contribution in [2.75, 3.05) is 0 Å². The smallest absolute Gasteiger partial charge is 0.0568 e. The molecule has 72 valence electrons. The monoisotopic (exact) mass is 188 g/mol. The van der Waals surface area contributed by atoms with Crippen LogP contribution in [-0.4, -0.2) is 15.2 Å². The first-order valence-corrected chi connectivity index (χ1v) is 4.48. The summed E-state index contributed by atoms with van der Waals surface area (Å²) in [6, 6.07) is 3.91. The molecular weight excluding hydrogens is 176 g/mol. The molecule has 0 saturated heterocycles. The van der Waals surface area contributed by atoms with Gasteiger partial charge in [-0.15, -0.1) is 0 Å². The third-order valence-electron chi connectivity index (χ3n) is 2.08. The van der Waals surface area contributed by atoms with Crippen LogP contribution in [0, 0.1) is 0 Å². The van der Waals surface area contributed by atoms with Crippen LogP contribution < -0.4 is 5.73 Å². The van der Waals surface area contributed by atoms with Crippen molar-refractivity contribution in [1.82, 2.24) is 15.2 Å². The number of nitrogens with zero attached hydrogens (tertiary/aromatic N) is 2. The van der Waals surface area contributed by atoms with Gasteiger partial charge in [0.05, 0.1) is 11.9 Å². The molecule has 0 unspecified atom stereocenters. The molecule has 0 aliphatic rings. The molecule has 1 atom stereocenters. The van der Waals surface area contributed by atoms with Gasteiger partial charge in [0, 0.05) is 29.6 Å². The molecule has 0 aliphatic heterocycles. The predicted octanol–water partition coefficient (Wildman–Crippen LogP) is 1.49. The molecule has 2 heterocycles. The van der Waals surface area contributed by atoms with Gasteiger partial charge in [0.1, 0.15) is 0 Å². The number of pyridine rings is 1. The van der Waals surface area contributed by atoms with Gasteiger partial charge in [-0.3, -0.25) is 10.1 Å². The van der Waals surface area contributed by atoms with Crippen molar-refractivity contribution >= 4 is 0 Å². The van der Waals surface area contributed by atoms with E-state index in [2.05, 4.69) is 15.2 Å². The summed E-state index contributed by atoms with van der Waals surface area (Å²) in [7, 11) is 0. The van der Waals surface area contributed by atoms with Crippen LogP contribution >= 0.6 is 0 Å². The van der Waals surface area contributed by atoms with Crippen molar-refractivity contribution < 1.29 is 0 Å². The summed E-state index contributed by atoms with van der Waals surface area (Å²) in [5.41, 5.74) is 8.68. The van der Waals surface area contributed by atoms with Crippen LogP contribution in [0.2, 0.25) is 0 Å². The lowest BCUT2D eigenvalue weighted by Gasteiger charge is -2.04. The minimum absolute atomic E-state index is 0.0200. The van der Waals surface area contributed by atoms with E-state index in [4.69, 9.17) is 5.73 Å². The summed E-state index contributed by atoms with van der Waals surface area (Å²) in [6.45, 7) is 1.92. The fourth-order valence-electron chi connectivity index (χ4n) is 1.25. The first-order chi connectivity index (χ1) is 6.77. The van der Waals surface area contributed by atoms with Crippen molar-refractivity contribution in [3.05, 3.63) is 36.4 Å². The van der Waals surface area contributed by atoms with Gasteiger partial charge >= 0.3 is 0 Å². The van der Waals surface area contributed by atoms with Gasteiger partial charge in [-0.1, -0.05) is 6.07 Å². The first kappa shape index (κ1) is 8.90. The van der Waals surface area contributed by atoms with E-state index in [9.17, 15) is 0 Å². The fourth-order valence-corrected chi connectivity index (χ4v) is 1.25. The maximum Gasteiger partial charge on any atom is 0.0568 e. The standard InChI is InChI=1S/C10H12N4/c1-7(11)10-3-2-8(4-12-10)9-5-13-14-6-9/h2-7H,11H2,1H3,(H,13,14)/t7-/m1/s1. The molecular formula is C10H12N4. The van der Waals surface area contributed by atoms with E-state index in [-0.39, 0.29) is 6.04 Å². The van der Waals surface area contributed by atoms with E-state index in [1.807, 2.05) is 31.5 Å². The van der Waals surface area contributed by atoms with Crippen LogP contribution in [0.4, 0.5) is 0 Å². The van der Waals surface area contributed by atoms with Gasteiger partial charge in [-0.05, 0) is 13.0 Å². The Hall–Kier alpha value is -1.68. The molecule has 0 aromatic carbocycles. The highest BCUT2D eigenvalue weighted by Gasteiger charge is 2.02. The molecule has 0 radical (unpaired) electrons. The minimum Gasteiger partial charge on any atom is -0.323 e. The predicted molar refractivity (Wildman–Crippen MR) is 54.4 cm³/mol. The Morgan fingerprint density at radius 3 is 2.64 bits per heavy atom. The lowest BCUT2D eigenvalue weighted by Crippen LogP contribution is -2.06. The molecule has 14 heavy (non-hydrogen) atoms. The SMILES string of the molecule is C[C@@H](N)c1ccc(-c2cn[nH]c2)cn1. The third-order valence-corrected chi connectivity index (χ3v) is 2.08. The van der Waals surface area contributed by atoms with E-state index in [1.54, 1.807) is 6.20 Å². The highest BCUT2D eigenvalue weighted by Crippen LogP contribution is 2.17. The zero-order valence-electron chi connectivity index (χ0n) is 7.94. The Labute approximate surface area is 82.2 Å². The number of hydrogen-bond donors (Lipinski definition) is 2. The Balaban J connectivity index is 2.31. The third kappa shape index (κ3) is 1.65. The number of rotatable bonds is 2. The maximum absolute atomic E-state index is 5.70. The fraction of sp³-hybridized carbons (Fsp3) is 0.200. The lowest BCUT2D eigenvalue weighted by molar-refractivity contribution is 0.781. The van der Waals surface area contributed by atoms with Crippen LogP contribution in [0.15, 0.2) is 30.7 Å². The second kappa shape index (κ2) is 3.59. The van der Waals surface area contributed by atoms with E-state index in [0.29, 0.717) is 0 Å². The lowest BCUT2D eigenvalue weighted by atomic mass is 10.1. The van der Waals surface area contributed by atoms with Crippen LogP contribution in [0.3, 0.4) is 0 Å². The average Bonchev–Trinajstić information content (AvgIpc) is 2.71. The Morgan fingerprint density at radius 1 is 1.29 bits per heavy atom. The Kier molecular flexibility index (Phi) is 2.28. The van der Waals surface area contributed by atoms with Crippen LogP contribution in [0.1, 0.15) is 18.7 Å². The Bertz CT molecular complexity index is 389. The summed E-state index contributed by atoms with van der Waals surface area (Å²) in [4.78, 5) is 4.27. The molecule has 0 spiro atoms. The van der Waals surface area contributed by atoms with Crippen molar-refractivity contribution in [3.63, 3.8) is 0 Å². The van der Waals surface area contributed by atoms with Gasteiger partial charge in [0.25, 0.3) is 0 Å². The molecule has 0 aliphatic carbocycles. The first-order valence-electron chi connectivity index (χ1n) is 4.48. The summed E-state index contributed by atoms with van der Waals surface area (Å²) >= 11 is 0. The summed E-state index contributed by atoms with van der Waals surface area (Å²) < 4.78 is 0. The zero-order chi connectivity index (χ0) is 9.97. The normalized spacial score (nSPS) is 12.7. The summed E-state index contributed by atoms with van der Waals surface area (Å²) in [6.07, 6.45) is 5.41. The number of aromatic amines is 1. The van der Waals surface area contributed by atoms with Gasteiger partial charge < -0.3 is 5.73 Å². The highest BCUT2D eigenvalue weighted by atomic mass is 15.1. The average molecular weight is 188 g/mol. The number of hydrogen-bond acceptors (Lipinski definition) is 3. The van der Waals surface area contributed by atoms with Gasteiger partial charge in [0.2, 0.25) is 0 Å². The molecule has 2 rings (SSSR count). The topological polar surface area (TPSA) is 67.6 Å².